The predicted molar refractivity (Wildman–Crippen MR) is 75.1 cm³/mol. The lowest BCUT2D eigenvalue weighted by molar-refractivity contribution is 0.244. The van der Waals surface area contributed by atoms with E-state index in [1.54, 1.807) is 0 Å². The average Bonchev–Trinajstić information content (AvgIpc) is 3.29. The van der Waals surface area contributed by atoms with E-state index in [0.29, 0.717) is 0 Å². The van der Waals surface area contributed by atoms with Crippen LogP contribution in [-0.2, 0) is 6.54 Å². The summed E-state index contributed by atoms with van der Waals surface area (Å²) in [7, 11) is 0. The molecular weight excluding hydrogens is 238 g/mol. The standard InChI is InChI=1S/C15H21N3O/c16-15(17-19)14-4-2-1-3-12(14)10-18(13-7-8-13)9-11-5-6-11/h1-4,11,13,19H,5-10H2,(H2,16,17). The van der Waals surface area contributed by atoms with Crippen LogP contribution in [0.1, 0.15) is 36.8 Å². The van der Waals surface area contributed by atoms with Crippen molar-refractivity contribution in [2.24, 2.45) is 16.8 Å². The smallest absolute Gasteiger partial charge is 0.170 e. The van der Waals surface area contributed by atoms with Gasteiger partial charge >= 0.3 is 0 Å². The van der Waals surface area contributed by atoms with Gasteiger partial charge in [-0.25, -0.2) is 0 Å². The van der Waals surface area contributed by atoms with E-state index in [-0.39, 0.29) is 5.84 Å². The number of nitrogens with two attached hydrogens (primary N) is 1. The monoisotopic (exact) mass is 259 g/mol. The van der Waals surface area contributed by atoms with E-state index in [9.17, 15) is 0 Å². The summed E-state index contributed by atoms with van der Waals surface area (Å²) >= 11 is 0. The van der Waals surface area contributed by atoms with E-state index in [2.05, 4.69) is 16.1 Å². The Balaban J connectivity index is 1.76. The van der Waals surface area contributed by atoms with Gasteiger partial charge in [-0.3, -0.25) is 4.90 Å². The second-order valence-electron chi connectivity index (χ2n) is 5.75. The fourth-order valence-corrected chi connectivity index (χ4v) is 2.60. The lowest BCUT2D eigenvalue weighted by Crippen LogP contribution is -2.29. The average molecular weight is 259 g/mol. The topological polar surface area (TPSA) is 61.9 Å². The fourth-order valence-electron chi connectivity index (χ4n) is 2.60. The van der Waals surface area contributed by atoms with Crippen LogP contribution < -0.4 is 5.73 Å². The molecule has 4 nitrogen and oxygen atoms in total. The molecule has 4 heteroatoms. The van der Waals surface area contributed by atoms with E-state index < -0.39 is 0 Å². The highest BCUT2D eigenvalue weighted by Crippen LogP contribution is 2.35. The third-order valence-corrected chi connectivity index (χ3v) is 4.03. The van der Waals surface area contributed by atoms with E-state index >= 15 is 0 Å². The first kappa shape index (κ1) is 12.5. The lowest BCUT2D eigenvalue weighted by Gasteiger charge is -2.23. The van der Waals surface area contributed by atoms with Gasteiger partial charge in [-0.05, 0) is 37.2 Å². The number of hydrogen-bond acceptors (Lipinski definition) is 3. The van der Waals surface area contributed by atoms with E-state index in [1.807, 2.05) is 18.2 Å². The van der Waals surface area contributed by atoms with Crippen LogP contribution in [0.4, 0.5) is 0 Å². The summed E-state index contributed by atoms with van der Waals surface area (Å²) in [5, 5.41) is 12.0. The lowest BCUT2D eigenvalue weighted by atomic mass is 10.1. The molecule has 0 spiro atoms. The molecule has 3 N–H and O–H groups in total. The number of nitrogens with zero attached hydrogens (tertiary/aromatic N) is 2. The van der Waals surface area contributed by atoms with Crippen LogP contribution in [0.3, 0.4) is 0 Å². The molecule has 2 saturated carbocycles. The molecular formula is C15H21N3O. The minimum atomic E-state index is 0.206. The van der Waals surface area contributed by atoms with Gasteiger partial charge in [0.2, 0.25) is 0 Å². The van der Waals surface area contributed by atoms with E-state index in [4.69, 9.17) is 10.9 Å². The Morgan fingerprint density at radius 3 is 2.63 bits per heavy atom. The van der Waals surface area contributed by atoms with Crippen molar-refractivity contribution in [1.82, 2.24) is 4.90 Å². The zero-order valence-electron chi connectivity index (χ0n) is 11.1. The fraction of sp³-hybridized carbons (Fsp3) is 0.533. The number of oxime groups is 1. The third kappa shape index (κ3) is 3.07. The second-order valence-corrected chi connectivity index (χ2v) is 5.75. The third-order valence-electron chi connectivity index (χ3n) is 4.03. The van der Waals surface area contributed by atoms with Crippen LogP contribution in [0.5, 0.6) is 0 Å². The SMILES string of the molecule is NC(=NO)c1ccccc1CN(CC1CC1)C1CC1. The Hall–Kier alpha value is -1.55. The number of benzene rings is 1. The Morgan fingerprint density at radius 2 is 2.00 bits per heavy atom. The summed E-state index contributed by atoms with van der Waals surface area (Å²) in [6, 6.07) is 8.70. The van der Waals surface area contributed by atoms with Gasteiger partial charge in [0.25, 0.3) is 0 Å². The van der Waals surface area contributed by atoms with Gasteiger partial charge in [0.05, 0.1) is 0 Å². The minimum absolute atomic E-state index is 0.206. The zero-order chi connectivity index (χ0) is 13.2. The van der Waals surface area contributed by atoms with Crippen LogP contribution in [0.2, 0.25) is 0 Å². The molecule has 3 rings (SSSR count). The normalized spacial score (nSPS) is 19.9. The molecule has 0 bridgehead atoms. The maximum atomic E-state index is 8.87. The molecule has 2 fully saturated rings. The maximum absolute atomic E-state index is 8.87. The van der Waals surface area contributed by atoms with Crippen molar-refractivity contribution in [3.63, 3.8) is 0 Å². The van der Waals surface area contributed by atoms with Crippen LogP contribution >= 0.6 is 0 Å². The largest absolute Gasteiger partial charge is 0.409 e. The van der Waals surface area contributed by atoms with Crippen LogP contribution in [0.25, 0.3) is 0 Å². The van der Waals surface area contributed by atoms with E-state index in [0.717, 1.165) is 29.6 Å². The quantitative estimate of drug-likeness (QED) is 0.356. The Bertz CT molecular complexity index is 478. The summed E-state index contributed by atoms with van der Waals surface area (Å²) in [4.78, 5) is 2.57. The molecule has 102 valence electrons. The van der Waals surface area contributed by atoms with Crippen molar-refractivity contribution in [1.29, 1.82) is 0 Å². The Labute approximate surface area is 113 Å². The summed E-state index contributed by atoms with van der Waals surface area (Å²) < 4.78 is 0. The molecule has 0 radical (unpaired) electrons. The molecule has 0 aliphatic heterocycles. The maximum Gasteiger partial charge on any atom is 0.170 e. The van der Waals surface area contributed by atoms with Crippen molar-refractivity contribution >= 4 is 5.84 Å². The zero-order valence-corrected chi connectivity index (χ0v) is 11.1. The van der Waals surface area contributed by atoms with Crippen molar-refractivity contribution in [2.45, 2.75) is 38.3 Å². The van der Waals surface area contributed by atoms with Gasteiger partial charge in [0.1, 0.15) is 0 Å². The summed E-state index contributed by atoms with van der Waals surface area (Å²) in [6.07, 6.45) is 5.40. The number of hydrogen-bond donors (Lipinski definition) is 2. The molecule has 0 unspecified atom stereocenters. The molecule has 2 aliphatic rings. The summed E-state index contributed by atoms with van der Waals surface area (Å²) in [5.41, 5.74) is 7.77. The molecule has 0 saturated heterocycles. The Kier molecular flexibility index (Phi) is 3.42. The number of rotatable bonds is 6. The minimum Gasteiger partial charge on any atom is -0.409 e. The van der Waals surface area contributed by atoms with Crippen LogP contribution in [0.15, 0.2) is 29.4 Å². The summed E-state index contributed by atoms with van der Waals surface area (Å²) in [5.74, 6) is 1.11. The van der Waals surface area contributed by atoms with E-state index in [1.165, 1.54) is 32.2 Å². The molecule has 19 heavy (non-hydrogen) atoms. The molecule has 0 atom stereocenters. The first-order valence-electron chi connectivity index (χ1n) is 7.08. The molecule has 1 aromatic rings. The van der Waals surface area contributed by atoms with Gasteiger partial charge in [-0.2, -0.15) is 0 Å². The van der Waals surface area contributed by atoms with Crippen molar-refractivity contribution in [3.8, 4) is 0 Å². The highest BCUT2D eigenvalue weighted by Gasteiger charge is 2.33. The van der Waals surface area contributed by atoms with Crippen molar-refractivity contribution < 1.29 is 5.21 Å². The molecule has 2 aliphatic carbocycles. The Morgan fingerprint density at radius 1 is 1.26 bits per heavy atom. The predicted octanol–water partition coefficient (Wildman–Crippen LogP) is 2.16. The molecule has 1 aromatic carbocycles. The highest BCUT2D eigenvalue weighted by atomic mass is 16.4. The van der Waals surface area contributed by atoms with Gasteiger partial charge in [0.15, 0.2) is 5.84 Å². The van der Waals surface area contributed by atoms with Crippen LogP contribution in [0, 0.1) is 5.92 Å². The van der Waals surface area contributed by atoms with Crippen molar-refractivity contribution in [2.75, 3.05) is 6.54 Å². The summed E-state index contributed by atoms with van der Waals surface area (Å²) in [6.45, 7) is 2.11. The van der Waals surface area contributed by atoms with Gasteiger partial charge in [-0.15, -0.1) is 0 Å². The molecule has 0 heterocycles. The first-order valence-corrected chi connectivity index (χ1v) is 7.08. The number of amidine groups is 1. The second kappa shape index (κ2) is 5.21. The molecule has 0 amide bonds. The van der Waals surface area contributed by atoms with Crippen LogP contribution in [-0.4, -0.2) is 28.5 Å². The van der Waals surface area contributed by atoms with Gasteiger partial charge < -0.3 is 10.9 Å². The molecule has 0 aromatic heterocycles. The highest BCUT2D eigenvalue weighted by molar-refractivity contribution is 5.98. The van der Waals surface area contributed by atoms with Crippen molar-refractivity contribution in [3.05, 3.63) is 35.4 Å². The van der Waals surface area contributed by atoms with Gasteiger partial charge in [-0.1, -0.05) is 29.4 Å². The first-order chi connectivity index (χ1) is 9.28. The van der Waals surface area contributed by atoms with Gasteiger partial charge in [0, 0.05) is 24.7 Å².